The Morgan fingerprint density at radius 2 is 2.07 bits per heavy atom. The highest BCUT2D eigenvalue weighted by molar-refractivity contribution is 6.08. The molecular weight excluding hydrogens is 354 g/mol. The van der Waals surface area contributed by atoms with Crippen LogP contribution in [0.1, 0.15) is 66.3 Å². The lowest BCUT2D eigenvalue weighted by atomic mass is 9.96. The van der Waals surface area contributed by atoms with Gasteiger partial charge in [0.05, 0.1) is 17.9 Å². The quantitative estimate of drug-likeness (QED) is 0.751. The van der Waals surface area contributed by atoms with Crippen molar-refractivity contribution in [3.8, 4) is 0 Å². The van der Waals surface area contributed by atoms with Gasteiger partial charge >= 0.3 is 0 Å². The van der Waals surface area contributed by atoms with E-state index in [9.17, 15) is 13.6 Å². The zero-order valence-electron chi connectivity index (χ0n) is 14.9. The summed E-state index contributed by atoms with van der Waals surface area (Å²) in [5, 5.41) is 10.8. The fraction of sp³-hybridized carbons (Fsp3) is 0.444. The standard InChI is InChI=1S/C18H20F2N6O/c1-11-7-8-21-17-13(9-22-26(11)17)18(27)23-14-10-25(24-15(14)16(19)20)12-5-3-2-4-6-12/h7-10,12,16H,2-6H2,1H3,(H,23,27). The zero-order valence-corrected chi connectivity index (χ0v) is 14.9. The van der Waals surface area contributed by atoms with E-state index in [-0.39, 0.29) is 17.3 Å². The molecule has 27 heavy (non-hydrogen) atoms. The summed E-state index contributed by atoms with van der Waals surface area (Å²) in [4.78, 5) is 16.8. The van der Waals surface area contributed by atoms with Crippen molar-refractivity contribution in [1.82, 2.24) is 24.4 Å². The Labute approximate surface area is 154 Å². The Hall–Kier alpha value is -2.84. The number of anilines is 1. The van der Waals surface area contributed by atoms with Gasteiger partial charge < -0.3 is 5.32 Å². The van der Waals surface area contributed by atoms with Crippen LogP contribution in [0, 0.1) is 6.92 Å². The number of aromatic nitrogens is 5. The van der Waals surface area contributed by atoms with E-state index in [1.54, 1.807) is 16.9 Å². The van der Waals surface area contributed by atoms with Gasteiger partial charge in [0.15, 0.2) is 11.3 Å². The highest BCUT2D eigenvalue weighted by Gasteiger charge is 2.25. The maximum absolute atomic E-state index is 13.5. The molecule has 7 nitrogen and oxygen atoms in total. The largest absolute Gasteiger partial charge is 0.319 e. The van der Waals surface area contributed by atoms with Crippen LogP contribution < -0.4 is 5.32 Å². The second kappa shape index (κ2) is 7.05. The minimum Gasteiger partial charge on any atom is -0.319 e. The van der Waals surface area contributed by atoms with Gasteiger partial charge in [-0.25, -0.2) is 18.3 Å². The number of carbonyl (C=O) groups excluding carboxylic acids is 1. The van der Waals surface area contributed by atoms with Crippen molar-refractivity contribution in [3.05, 3.63) is 41.6 Å². The molecule has 0 bridgehead atoms. The van der Waals surface area contributed by atoms with Gasteiger partial charge in [-0.3, -0.25) is 9.48 Å². The van der Waals surface area contributed by atoms with E-state index in [0.717, 1.165) is 37.8 Å². The third-order valence-corrected chi connectivity index (χ3v) is 5.00. The fourth-order valence-electron chi connectivity index (χ4n) is 3.56. The Morgan fingerprint density at radius 3 is 2.81 bits per heavy atom. The minimum atomic E-state index is -2.77. The smallest absolute Gasteiger partial charge is 0.284 e. The second-order valence-corrected chi connectivity index (χ2v) is 6.83. The first kappa shape index (κ1) is 17.6. The third kappa shape index (κ3) is 3.29. The third-order valence-electron chi connectivity index (χ3n) is 5.00. The topological polar surface area (TPSA) is 77.1 Å². The van der Waals surface area contributed by atoms with E-state index < -0.39 is 18.0 Å². The molecule has 142 valence electrons. The molecule has 3 aromatic rings. The van der Waals surface area contributed by atoms with Gasteiger partial charge in [0.1, 0.15) is 5.56 Å². The average molecular weight is 374 g/mol. The molecule has 1 saturated carbocycles. The van der Waals surface area contributed by atoms with Crippen LogP contribution in [-0.4, -0.2) is 30.3 Å². The van der Waals surface area contributed by atoms with Gasteiger partial charge in [0, 0.05) is 18.1 Å². The predicted octanol–water partition coefficient (Wildman–Crippen LogP) is 3.93. The summed E-state index contributed by atoms with van der Waals surface area (Å²) >= 11 is 0. The van der Waals surface area contributed by atoms with Crippen LogP contribution in [-0.2, 0) is 0 Å². The molecule has 9 heteroatoms. The van der Waals surface area contributed by atoms with E-state index in [2.05, 4.69) is 20.5 Å². The molecule has 1 aliphatic carbocycles. The van der Waals surface area contributed by atoms with E-state index in [1.807, 2.05) is 6.92 Å². The molecular formula is C18H20F2N6O. The molecule has 0 aliphatic heterocycles. The molecule has 3 heterocycles. The lowest BCUT2D eigenvalue weighted by molar-refractivity contribution is 0.102. The molecule has 0 aromatic carbocycles. The number of halogens is 2. The van der Waals surface area contributed by atoms with Crippen molar-refractivity contribution < 1.29 is 13.6 Å². The lowest BCUT2D eigenvalue weighted by Crippen LogP contribution is -2.14. The number of carbonyl (C=O) groups is 1. The molecule has 3 aromatic heterocycles. The molecule has 1 N–H and O–H groups in total. The first-order valence-electron chi connectivity index (χ1n) is 9.02. The summed E-state index contributed by atoms with van der Waals surface area (Å²) in [6.45, 7) is 1.84. The van der Waals surface area contributed by atoms with Crippen LogP contribution >= 0.6 is 0 Å². The maximum atomic E-state index is 13.5. The number of alkyl halides is 2. The number of nitrogens with one attached hydrogen (secondary N) is 1. The van der Waals surface area contributed by atoms with E-state index in [0.29, 0.717) is 5.65 Å². The number of hydrogen-bond acceptors (Lipinski definition) is 4. The first-order valence-corrected chi connectivity index (χ1v) is 9.02. The molecule has 0 radical (unpaired) electrons. The Kier molecular flexibility index (Phi) is 4.59. The number of hydrogen-bond donors (Lipinski definition) is 1. The van der Waals surface area contributed by atoms with Gasteiger partial charge in [-0.1, -0.05) is 19.3 Å². The number of rotatable bonds is 4. The number of aryl methyl sites for hydroxylation is 1. The Balaban J connectivity index is 1.63. The van der Waals surface area contributed by atoms with Crippen molar-refractivity contribution >= 4 is 17.2 Å². The molecule has 1 fully saturated rings. The highest BCUT2D eigenvalue weighted by atomic mass is 19.3. The summed E-state index contributed by atoms with van der Waals surface area (Å²) in [5.41, 5.74) is 1.05. The van der Waals surface area contributed by atoms with Crippen LogP contribution in [0.15, 0.2) is 24.7 Å². The van der Waals surface area contributed by atoms with E-state index in [1.165, 1.54) is 16.9 Å². The number of fused-ring (bicyclic) bond motifs is 1. The van der Waals surface area contributed by atoms with Crippen molar-refractivity contribution in [2.24, 2.45) is 0 Å². The molecule has 0 unspecified atom stereocenters. The van der Waals surface area contributed by atoms with Crippen LogP contribution in [0.2, 0.25) is 0 Å². The van der Waals surface area contributed by atoms with Gasteiger partial charge in [-0.2, -0.15) is 10.2 Å². The maximum Gasteiger partial charge on any atom is 0.284 e. The van der Waals surface area contributed by atoms with Crippen LogP contribution in [0.5, 0.6) is 0 Å². The molecule has 0 spiro atoms. The zero-order chi connectivity index (χ0) is 19.0. The number of amides is 1. The molecule has 0 saturated heterocycles. The van der Waals surface area contributed by atoms with E-state index >= 15 is 0 Å². The molecule has 1 amide bonds. The van der Waals surface area contributed by atoms with Crippen molar-refractivity contribution in [2.75, 3.05) is 5.32 Å². The number of nitrogens with zero attached hydrogens (tertiary/aromatic N) is 5. The van der Waals surface area contributed by atoms with Gasteiger partial charge in [0.2, 0.25) is 0 Å². The summed E-state index contributed by atoms with van der Waals surface area (Å²) in [6, 6.07) is 1.87. The summed E-state index contributed by atoms with van der Waals surface area (Å²) < 4.78 is 30.0. The normalized spacial score (nSPS) is 15.6. The fourth-order valence-corrected chi connectivity index (χ4v) is 3.56. The van der Waals surface area contributed by atoms with Crippen LogP contribution in [0.25, 0.3) is 5.65 Å². The van der Waals surface area contributed by atoms with Gasteiger partial charge in [-0.15, -0.1) is 0 Å². The van der Waals surface area contributed by atoms with E-state index in [4.69, 9.17) is 0 Å². The predicted molar refractivity (Wildman–Crippen MR) is 95.0 cm³/mol. The van der Waals surface area contributed by atoms with Crippen molar-refractivity contribution in [3.63, 3.8) is 0 Å². The van der Waals surface area contributed by atoms with Crippen molar-refractivity contribution in [1.29, 1.82) is 0 Å². The molecule has 4 rings (SSSR count). The Bertz CT molecular complexity index is 974. The summed E-state index contributed by atoms with van der Waals surface area (Å²) in [5.74, 6) is -0.534. The lowest BCUT2D eigenvalue weighted by Gasteiger charge is -2.21. The molecule has 0 atom stereocenters. The minimum absolute atomic E-state index is 0.0348. The summed E-state index contributed by atoms with van der Waals surface area (Å²) in [7, 11) is 0. The summed E-state index contributed by atoms with van der Waals surface area (Å²) in [6.07, 6.45) is 6.81. The highest BCUT2D eigenvalue weighted by Crippen LogP contribution is 2.32. The Morgan fingerprint density at radius 1 is 1.30 bits per heavy atom. The second-order valence-electron chi connectivity index (χ2n) is 6.83. The van der Waals surface area contributed by atoms with Crippen LogP contribution in [0.3, 0.4) is 0 Å². The first-order chi connectivity index (χ1) is 13.0. The van der Waals surface area contributed by atoms with Gasteiger partial charge in [-0.05, 0) is 25.8 Å². The average Bonchev–Trinajstić information content (AvgIpc) is 3.28. The van der Waals surface area contributed by atoms with Crippen molar-refractivity contribution in [2.45, 2.75) is 51.5 Å². The van der Waals surface area contributed by atoms with Gasteiger partial charge in [0.25, 0.3) is 12.3 Å². The SMILES string of the molecule is Cc1ccnc2c(C(=O)Nc3cn(C4CCCCC4)nc3C(F)F)cnn12. The van der Waals surface area contributed by atoms with Crippen LogP contribution in [0.4, 0.5) is 14.5 Å². The molecule has 1 aliphatic rings. The monoisotopic (exact) mass is 374 g/mol.